The number of hydrogen-bond acceptors (Lipinski definition) is 9. The highest BCUT2D eigenvalue weighted by molar-refractivity contribution is 5.59. The minimum absolute atomic E-state index is 0.0831. The number of carbonyl (C=O) groups is 1. The molecule has 0 spiro atoms. The van der Waals surface area contributed by atoms with Gasteiger partial charge in [-0.05, 0) is 81.7 Å². The number of ether oxygens (including phenoxy) is 5. The smallest absolute Gasteiger partial charge is 0.491 e. The molecule has 3 N–H and O–H groups in total. The number of allylic oxidation sites excluding steroid dienone is 3. The van der Waals surface area contributed by atoms with E-state index in [1.165, 1.54) is 5.57 Å². The zero-order valence-electron chi connectivity index (χ0n) is 23.8. The Kier molecular flexibility index (Phi) is 11.2. The lowest BCUT2D eigenvalue weighted by Crippen LogP contribution is -2.59. The molecule has 0 amide bonds. The van der Waals surface area contributed by atoms with Crippen molar-refractivity contribution in [2.45, 2.75) is 97.6 Å². The lowest BCUT2D eigenvalue weighted by molar-refractivity contribution is -0.291. The van der Waals surface area contributed by atoms with Crippen LogP contribution >= 0.6 is 0 Å². The van der Waals surface area contributed by atoms with Gasteiger partial charge >= 0.3 is 6.16 Å². The summed E-state index contributed by atoms with van der Waals surface area (Å²) in [5, 5.41) is 31.7. The molecule has 6 atom stereocenters. The SMILES string of the molecule is CCOC(=O)OC[C@H]1O[C@@H](OC2=CCCC(C(C)C)C(C)=C2Cc2ccc(OC(C)C)cc2)[C@H](O)[C@@H](O)[C@@H]1O. The van der Waals surface area contributed by atoms with E-state index in [4.69, 9.17) is 23.7 Å². The molecule has 218 valence electrons. The first-order valence-electron chi connectivity index (χ1n) is 13.8. The van der Waals surface area contributed by atoms with Crippen molar-refractivity contribution in [1.82, 2.24) is 0 Å². The van der Waals surface area contributed by atoms with Crippen molar-refractivity contribution < 1.29 is 43.8 Å². The molecule has 0 aromatic heterocycles. The second kappa shape index (κ2) is 14.2. The lowest BCUT2D eigenvalue weighted by atomic mass is 9.83. The summed E-state index contributed by atoms with van der Waals surface area (Å²) < 4.78 is 27.6. The van der Waals surface area contributed by atoms with Gasteiger partial charge in [-0.15, -0.1) is 0 Å². The van der Waals surface area contributed by atoms with Gasteiger partial charge in [-0.25, -0.2) is 4.79 Å². The van der Waals surface area contributed by atoms with Crippen LogP contribution in [0.1, 0.15) is 59.9 Å². The third-order valence-electron chi connectivity index (χ3n) is 7.16. The van der Waals surface area contributed by atoms with Crippen molar-refractivity contribution >= 4 is 6.16 Å². The van der Waals surface area contributed by atoms with Crippen LogP contribution in [0.2, 0.25) is 0 Å². The lowest BCUT2D eigenvalue weighted by Gasteiger charge is -2.40. The fraction of sp³-hybridized carbons (Fsp3) is 0.633. The van der Waals surface area contributed by atoms with Crippen molar-refractivity contribution in [3.05, 3.63) is 52.8 Å². The summed E-state index contributed by atoms with van der Waals surface area (Å²) in [5.41, 5.74) is 3.25. The molecule has 1 aliphatic heterocycles. The number of aliphatic hydroxyl groups is 3. The molecule has 1 aromatic carbocycles. The van der Waals surface area contributed by atoms with Gasteiger partial charge in [0.05, 0.1) is 12.7 Å². The highest BCUT2D eigenvalue weighted by Gasteiger charge is 2.46. The molecule has 0 bridgehead atoms. The van der Waals surface area contributed by atoms with Crippen LogP contribution in [0.15, 0.2) is 47.2 Å². The molecular weight excluding hydrogens is 504 g/mol. The van der Waals surface area contributed by atoms with Gasteiger partial charge in [0.1, 0.15) is 42.5 Å². The molecule has 9 heteroatoms. The zero-order valence-corrected chi connectivity index (χ0v) is 23.8. The van der Waals surface area contributed by atoms with Crippen LogP contribution in [0.4, 0.5) is 4.79 Å². The van der Waals surface area contributed by atoms with Gasteiger partial charge in [-0.2, -0.15) is 0 Å². The molecule has 1 unspecified atom stereocenters. The maximum Gasteiger partial charge on any atom is 0.508 e. The second-order valence-corrected chi connectivity index (χ2v) is 10.8. The molecule has 1 aromatic rings. The molecule has 9 nitrogen and oxygen atoms in total. The Hall–Kier alpha value is -2.59. The molecule has 2 aliphatic rings. The molecule has 3 rings (SSSR count). The normalized spacial score (nSPS) is 27.7. The van der Waals surface area contributed by atoms with E-state index in [9.17, 15) is 20.1 Å². The Morgan fingerprint density at radius 2 is 1.72 bits per heavy atom. The Balaban J connectivity index is 1.84. The van der Waals surface area contributed by atoms with E-state index in [1.807, 2.05) is 44.2 Å². The largest absolute Gasteiger partial charge is 0.508 e. The Morgan fingerprint density at radius 3 is 2.33 bits per heavy atom. The Bertz CT molecular complexity index is 998. The van der Waals surface area contributed by atoms with E-state index in [1.54, 1.807) is 6.92 Å². The quantitative estimate of drug-likeness (QED) is 0.368. The maximum atomic E-state index is 11.6. The van der Waals surface area contributed by atoms with E-state index < -0.39 is 36.9 Å². The summed E-state index contributed by atoms with van der Waals surface area (Å²) in [6.07, 6.45) is -3.49. The Morgan fingerprint density at radius 1 is 1.03 bits per heavy atom. The predicted molar refractivity (Wildman–Crippen MR) is 145 cm³/mol. The number of rotatable bonds is 10. The third-order valence-corrected chi connectivity index (χ3v) is 7.16. The highest BCUT2D eigenvalue weighted by atomic mass is 16.7. The molecule has 1 aliphatic carbocycles. The minimum Gasteiger partial charge on any atom is -0.491 e. The standard InChI is InChI=1S/C30H44O9/c1-7-35-30(34)36-16-25-26(31)27(32)28(33)29(39-25)38-24-10-8-9-22(17(2)3)19(6)23(24)15-20-11-13-21(14-12-20)37-18(4)5/h10-14,17-18,22,25-29,31-33H,7-9,15-16H2,1-6H3/t22?,25-,26-,27+,28-,29-/m1/s1. The molecule has 1 saturated heterocycles. The summed E-state index contributed by atoms with van der Waals surface area (Å²) in [6.45, 7) is 11.9. The first kappa shape index (κ1) is 30.9. The van der Waals surface area contributed by atoms with Gasteiger partial charge in [-0.1, -0.05) is 31.6 Å². The average molecular weight is 549 g/mol. The van der Waals surface area contributed by atoms with Gasteiger partial charge in [0, 0.05) is 6.42 Å². The van der Waals surface area contributed by atoms with Crippen LogP contribution in [0, 0.1) is 11.8 Å². The topological polar surface area (TPSA) is 124 Å². The number of benzene rings is 1. The van der Waals surface area contributed by atoms with Crippen molar-refractivity contribution in [2.75, 3.05) is 13.2 Å². The average Bonchev–Trinajstić information content (AvgIpc) is 3.03. The third kappa shape index (κ3) is 8.20. The van der Waals surface area contributed by atoms with Gasteiger partial charge < -0.3 is 39.0 Å². The molecule has 39 heavy (non-hydrogen) atoms. The van der Waals surface area contributed by atoms with Crippen molar-refractivity contribution in [2.24, 2.45) is 11.8 Å². The fourth-order valence-corrected chi connectivity index (χ4v) is 5.08. The van der Waals surface area contributed by atoms with Gasteiger partial charge in [-0.3, -0.25) is 0 Å². The molecular formula is C30H44O9. The first-order chi connectivity index (χ1) is 18.5. The van der Waals surface area contributed by atoms with Crippen LogP contribution < -0.4 is 4.74 Å². The van der Waals surface area contributed by atoms with Gasteiger partial charge in [0.15, 0.2) is 0 Å². The van der Waals surface area contributed by atoms with Gasteiger partial charge in [0.25, 0.3) is 0 Å². The summed E-state index contributed by atoms with van der Waals surface area (Å²) in [4.78, 5) is 11.6. The monoisotopic (exact) mass is 548 g/mol. The van der Waals surface area contributed by atoms with E-state index in [0.717, 1.165) is 29.7 Å². The van der Waals surface area contributed by atoms with Crippen molar-refractivity contribution in [3.8, 4) is 5.75 Å². The van der Waals surface area contributed by atoms with E-state index in [0.29, 0.717) is 24.0 Å². The summed E-state index contributed by atoms with van der Waals surface area (Å²) in [7, 11) is 0. The van der Waals surface area contributed by atoms with Crippen LogP contribution in [-0.2, 0) is 25.4 Å². The molecule has 0 saturated carbocycles. The summed E-state index contributed by atoms with van der Waals surface area (Å²) in [5.74, 6) is 2.13. The molecule has 0 radical (unpaired) electrons. The van der Waals surface area contributed by atoms with Crippen molar-refractivity contribution in [1.29, 1.82) is 0 Å². The van der Waals surface area contributed by atoms with Crippen LogP contribution in [0.25, 0.3) is 0 Å². The van der Waals surface area contributed by atoms with Crippen LogP contribution in [0.5, 0.6) is 5.75 Å². The number of hydrogen-bond donors (Lipinski definition) is 3. The van der Waals surface area contributed by atoms with Crippen molar-refractivity contribution in [3.63, 3.8) is 0 Å². The van der Waals surface area contributed by atoms with E-state index >= 15 is 0 Å². The zero-order chi connectivity index (χ0) is 28.7. The first-order valence-corrected chi connectivity index (χ1v) is 13.8. The number of aliphatic hydroxyl groups excluding tert-OH is 3. The summed E-state index contributed by atoms with van der Waals surface area (Å²) in [6, 6.07) is 7.96. The highest BCUT2D eigenvalue weighted by Crippen LogP contribution is 2.37. The molecule has 1 fully saturated rings. The van der Waals surface area contributed by atoms with Gasteiger partial charge in [0.2, 0.25) is 6.29 Å². The fourth-order valence-electron chi connectivity index (χ4n) is 5.08. The maximum absolute atomic E-state index is 11.6. The van der Waals surface area contributed by atoms with E-state index in [2.05, 4.69) is 20.8 Å². The predicted octanol–water partition coefficient (Wildman–Crippen LogP) is 4.28. The van der Waals surface area contributed by atoms with Crippen LogP contribution in [-0.4, -0.2) is 71.5 Å². The minimum atomic E-state index is -1.56. The van der Waals surface area contributed by atoms with Crippen LogP contribution in [0.3, 0.4) is 0 Å². The van der Waals surface area contributed by atoms with E-state index in [-0.39, 0.29) is 19.3 Å². The summed E-state index contributed by atoms with van der Waals surface area (Å²) >= 11 is 0. The second-order valence-electron chi connectivity index (χ2n) is 10.8. The number of carbonyl (C=O) groups excluding carboxylic acids is 1. The molecule has 1 heterocycles. The Labute approximate surface area is 231 Å².